The van der Waals surface area contributed by atoms with Crippen LogP contribution in [-0.2, 0) is 37.2 Å². The summed E-state index contributed by atoms with van der Waals surface area (Å²) < 4.78 is 0. The third kappa shape index (κ3) is 14.4. The number of hydrogen-bond acceptors (Lipinski definition) is 8. The van der Waals surface area contributed by atoms with E-state index in [1.54, 1.807) is 0 Å². The van der Waals surface area contributed by atoms with Crippen LogP contribution in [0.1, 0.15) is 96.9 Å². The second kappa shape index (κ2) is 17.8. The van der Waals surface area contributed by atoms with Gasteiger partial charge in [-0.1, -0.05) is 115 Å². The van der Waals surface area contributed by atoms with Crippen LogP contribution in [0, 0.1) is 0 Å². The topological polar surface area (TPSA) is 145 Å². The summed E-state index contributed by atoms with van der Waals surface area (Å²) in [6, 6.07) is 8.82. The van der Waals surface area contributed by atoms with E-state index in [2.05, 4.69) is 105 Å². The minimum Gasteiger partial charge on any atom is -0.550 e. The van der Waals surface area contributed by atoms with Crippen molar-refractivity contribution in [3.63, 3.8) is 0 Å². The smallest absolute Gasteiger partial charge is 0.550 e. The average Bonchev–Trinajstić information content (AvgIpc) is 3.31. The minimum absolute atomic E-state index is 0. The molecule has 1 radical (unpaired) electrons. The Bertz CT molecular complexity index is 1350. The maximum Gasteiger partial charge on any atom is 2.00 e. The molecule has 48 heavy (non-hydrogen) atoms. The summed E-state index contributed by atoms with van der Waals surface area (Å²) in [7, 11) is -3.16. The van der Waals surface area contributed by atoms with Crippen molar-refractivity contribution in [2.45, 2.75) is 137 Å². The van der Waals surface area contributed by atoms with E-state index in [-0.39, 0.29) is 39.7 Å². The number of carbonyl (C=O) groups excluding carboxylic acids is 2. The second-order valence-electron chi connectivity index (χ2n) is 16.5. The van der Waals surface area contributed by atoms with Crippen LogP contribution in [-0.4, -0.2) is 62.8 Å². The molecule has 2 aromatic carbocycles. The van der Waals surface area contributed by atoms with Gasteiger partial charge in [0.2, 0.25) is 0 Å². The van der Waals surface area contributed by atoms with E-state index in [1.165, 1.54) is 10.4 Å². The molecule has 0 aromatic heterocycles. The fourth-order valence-electron chi connectivity index (χ4n) is 5.14. The molecule has 3 rings (SSSR count). The molecular weight excluding hydrogens is 684 g/mol. The Hall–Kier alpha value is -2.74. The van der Waals surface area contributed by atoms with Crippen LogP contribution in [0.4, 0.5) is 0 Å². The Morgan fingerprint density at radius 1 is 0.688 bits per heavy atom. The van der Waals surface area contributed by atoms with Crippen LogP contribution >= 0.6 is 0 Å². The Kier molecular flexibility index (Phi) is 16.8. The molecule has 2 aromatic rings. The molecule has 2 atom stereocenters. The molecular formula is C37H58CoN2O6Si2. The monoisotopic (exact) mass is 741 g/mol. The van der Waals surface area contributed by atoms with E-state index in [1.807, 2.05) is 12.4 Å². The molecule has 269 valence electrons. The fraction of sp³-hybridized carbons (Fsp3) is 0.568. The molecule has 0 spiro atoms. The molecule has 8 nitrogen and oxygen atoms in total. The molecule has 1 aliphatic rings. The zero-order chi connectivity index (χ0) is 36.7. The van der Waals surface area contributed by atoms with Gasteiger partial charge in [0.25, 0.3) is 0 Å². The summed E-state index contributed by atoms with van der Waals surface area (Å²) in [6.45, 7) is 28.9. The zero-order valence-corrected chi connectivity index (χ0v) is 34.5. The van der Waals surface area contributed by atoms with Gasteiger partial charge in [-0.15, -0.1) is 0 Å². The van der Waals surface area contributed by atoms with Crippen molar-refractivity contribution >= 4 is 50.9 Å². The van der Waals surface area contributed by atoms with Crippen molar-refractivity contribution in [2.75, 3.05) is 0 Å². The van der Waals surface area contributed by atoms with Gasteiger partial charge in [-0.25, -0.2) is 0 Å². The van der Waals surface area contributed by atoms with Gasteiger partial charge < -0.3 is 30.0 Å². The zero-order valence-electron chi connectivity index (χ0n) is 31.5. The van der Waals surface area contributed by atoms with Crippen molar-refractivity contribution < 1.29 is 46.8 Å². The van der Waals surface area contributed by atoms with Gasteiger partial charge in [-0.2, -0.15) is 0 Å². The number of aromatic hydroxyl groups is 2. The number of phenolic OH excluding ortho intramolecular Hbond substituents is 2. The molecule has 0 saturated heterocycles. The summed E-state index contributed by atoms with van der Waals surface area (Å²) in [6.07, 6.45) is 6.80. The summed E-state index contributed by atoms with van der Waals surface area (Å²) in [5.41, 5.74) is 3.28. The minimum atomic E-state index is -1.58. The third-order valence-corrected chi connectivity index (χ3v) is 11.9. The Balaban J connectivity index is 0.00000221. The van der Waals surface area contributed by atoms with Gasteiger partial charge in [0.1, 0.15) is 11.5 Å². The quantitative estimate of drug-likeness (QED) is 0.323. The molecule has 1 aliphatic carbocycles. The molecule has 0 aliphatic heterocycles. The molecule has 2 N–H and O–H groups in total. The van der Waals surface area contributed by atoms with Crippen molar-refractivity contribution in [3.05, 3.63) is 46.5 Å². The molecule has 11 heteroatoms. The fourth-order valence-corrected chi connectivity index (χ4v) is 7.47. The van der Waals surface area contributed by atoms with Crippen LogP contribution in [0.5, 0.6) is 11.5 Å². The molecule has 0 bridgehead atoms. The maximum atomic E-state index is 11.2. The second-order valence-corrected chi connectivity index (χ2v) is 26.7. The van der Waals surface area contributed by atoms with E-state index in [0.29, 0.717) is 11.5 Å². The van der Waals surface area contributed by atoms with E-state index >= 15 is 0 Å². The van der Waals surface area contributed by atoms with Crippen LogP contribution < -0.4 is 20.6 Å². The molecule has 0 amide bonds. The number of phenols is 2. The Morgan fingerprint density at radius 2 is 0.958 bits per heavy atom. The Morgan fingerprint density at radius 3 is 1.19 bits per heavy atom. The van der Waals surface area contributed by atoms with Crippen molar-refractivity contribution in [1.29, 1.82) is 0 Å². The number of carbonyl (C=O) groups is 2. The number of carboxylic acid groups (broad SMARTS) is 2. The maximum absolute atomic E-state index is 11.2. The van der Waals surface area contributed by atoms with Gasteiger partial charge in [-0.3, -0.25) is 9.98 Å². The van der Waals surface area contributed by atoms with Crippen LogP contribution in [0.15, 0.2) is 34.3 Å². The number of rotatable bonds is 6. The summed E-state index contributed by atoms with van der Waals surface area (Å²) in [5, 5.41) is 42.8. The number of benzene rings is 2. The first-order valence-corrected chi connectivity index (χ1v) is 23.3. The Labute approximate surface area is 301 Å². The van der Waals surface area contributed by atoms with Crippen LogP contribution in [0.3, 0.4) is 0 Å². The molecule has 2 unspecified atom stereocenters. The summed E-state index contributed by atoms with van der Waals surface area (Å²) in [4.78, 5) is 27.8. The number of carboxylic acids is 2. The van der Waals surface area contributed by atoms with Crippen LogP contribution in [0.25, 0.3) is 0 Å². The van der Waals surface area contributed by atoms with Crippen molar-refractivity contribution in [3.8, 4) is 11.5 Å². The first kappa shape index (κ1) is 45.3. The first-order chi connectivity index (χ1) is 21.2. The SMILES string of the molecule is CC(=O)[O-].CC(=O)[O-].CC(C)(C)c1cc([Si](C)(C)C)cc(C=NC2CCCC2N=Cc2cc([Si](C)(C)C)cc(C(C)(C)C)c2O)c1O.[Co+2]. The predicted molar refractivity (Wildman–Crippen MR) is 198 cm³/mol. The largest absolute Gasteiger partial charge is 2.00 e. The van der Waals surface area contributed by atoms with Gasteiger partial charge >= 0.3 is 16.8 Å². The van der Waals surface area contributed by atoms with E-state index in [4.69, 9.17) is 29.8 Å². The van der Waals surface area contributed by atoms with Gasteiger partial charge in [0, 0.05) is 35.5 Å². The van der Waals surface area contributed by atoms with Gasteiger partial charge in [0.05, 0.1) is 28.2 Å². The van der Waals surface area contributed by atoms with Crippen molar-refractivity contribution in [1.82, 2.24) is 0 Å². The first-order valence-electron chi connectivity index (χ1n) is 16.3. The third-order valence-electron chi connectivity index (χ3n) is 7.88. The number of nitrogens with zero attached hydrogens (tertiary/aromatic N) is 2. The van der Waals surface area contributed by atoms with E-state index in [0.717, 1.165) is 55.4 Å². The number of hydrogen-bond donors (Lipinski definition) is 2. The molecule has 1 saturated carbocycles. The normalized spacial score (nSPS) is 16.9. The van der Waals surface area contributed by atoms with Crippen LogP contribution in [0.2, 0.25) is 39.3 Å². The van der Waals surface area contributed by atoms with E-state index < -0.39 is 28.1 Å². The van der Waals surface area contributed by atoms with E-state index in [9.17, 15) is 10.2 Å². The standard InChI is InChI=1S/C33H52N2O2Si2.2C2H4O2.Co/c1-32(2,3)26-18-24(38(7,8)9)16-22(30(26)36)20-34-28-14-13-15-29(28)35-21-23-17-25(39(10,11)12)19-27(31(23)37)33(4,5)6;2*1-2(3)4;/h16-21,28-29,36-37H,13-15H2,1-12H3;2*1H3,(H,3,4);/q;;;+2/p-2. The van der Waals surface area contributed by atoms with Crippen molar-refractivity contribution in [2.24, 2.45) is 9.98 Å². The number of aliphatic carboxylic acids is 2. The summed E-state index contributed by atoms with van der Waals surface area (Å²) in [5.74, 6) is -1.48. The predicted octanol–water partition coefficient (Wildman–Crippen LogP) is 4.75. The summed E-state index contributed by atoms with van der Waals surface area (Å²) >= 11 is 0. The van der Waals surface area contributed by atoms with Gasteiger partial charge in [-0.05, 0) is 55.1 Å². The molecule has 1 fully saturated rings. The number of aliphatic imine (C=N–C) groups is 2. The molecule has 0 heterocycles. The van der Waals surface area contributed by atoms with Gasteiger partial charge in [0.15, 0.2) is 0 Å². The average molecular weight is 742 g/mol.